The Morgan fingerprint density at radius 1 is 0.786 bits per heavy atom. The molecule has 1 heterocycles. The predicted molar refractivity (Wildman–Crippen MR) is 58.3 cm³/mol. The minimum atomic E-state index is -0.0400. The fourth-order valence-electron chi connectivity index (χ4n) is 2.94. The summed E-state index contributed by atoms with van der Waals surface area (Å²) in [6, 6.07) is 0.488. The van der Waals surface area contributed by atoms with E-state index in [0.29, 0.717) is 6.04 Å². The van der Waals surface area contributed by atoms with Gasteiger partial charge in [0.2, 0.25) is 0 Å². The summed E-state index contributed by atoms with van der Waals surface area (Å²) >= 11 is 0. The van der Waals surface area contributed by atoms with Gasteiger partial charge in [0.1, 0.15) is 0 Å². The zero-order valence-corrected chi connectivity index (χ0v) is 9.12. The molecule has 2 rings (SSSR count). The van der Waals surface area contributed by atoms with Gasteiger partial charge in [-0.2, -0.15) is 0 Å². The summed E-state index contributed by atoms with van der Waals surface area (Å²) in [6.07, 6.45) is 10.2. The lowest BCUT2D eigenvalue weighted by atomic mass is 9.91. The molecule has 0 aromatic heterocycles. The van der Waals surface area contributed by atoms with Crippen LogP contribution < -0.4 is 0 Å². The largest absolute Gasteiger partial charge is 0.391 e. The van der Waals surface area contributed by atoms with Crippen LogP contribution in [0, 0.1) is 0 Å². The molecule has 2 fully saturated rings. The van der Waals surface area contributed by atoms with Crippen LogP contribution in [0.25, 0.3) is 0 Å². The average molecular weight is 197 g/mol. The van der Waals surface area contributed by atoms with Crippen LogP contribution in [0.4, 0.5) is 0 Å². The van der Waals surface area contributed by atoms with E-state index in [9.17, 15) is 5.11 Å². The van der Waals surface area contributed by atoms with E-state index in [0.717, 1.165) is 6.42 Å². The Morgan fingerprint density at radius 2 is 1.43 bits per heavy atom. The van der Waals surface area contributed by atoms with Crippen molar-refractivity contribution in [2.24, 2.45) is 0 Å². The molecule has 2 atom stereocenters. The fraction of sp³-hybridized carbons (Fsp3) is 1.00. The molecule has 2 aliphatic rings. The van der Waals surface area contributed by atoms with Gasteiger partial charge in [-0.05, 0) is 38.8 Å². The van der Waals surface area contributed by atoms with E-state index in [1.165, 1.54) is 58.0 Å². The maximum Gasteiger partial charge on any atom is 0.0695 e. The molecule has 0 aromatic rings. The number of nitrogens with zero attached hydrogens (tertiary/aromatic N) is 1. The summed E-state index contributed by atoms with van der Waals surface area (Å²) in [4.78, 5) is 2.55. The van der Waals surface area contributed by atoms with Crippen LogP contribution >= 0.6 is 0 Å². The molecular weight excluding hydrogens is 174 g/mol. The zero-order chi connectivity index (χ0) is 9.80. The number of rotatable bonds is 1. The molecule has 0 unspecified atom stereocenters. The van der Waals surface area contributed by atoms with Crippen LogP contribution in [0.5, 0.6) is 0 Å². The van der Waals surface area contributed by atoms with E-state index >= 15 is 0 Å². The summed E-state index contributed by atoms with van der Waals surface area (Å²) in [5.74, 6) is 0. The first-order valence-electron chi connectivity index (χ1n) is 6.30. The van der Waals surface area contributed by atoms with Crippen LogP contribution in [0.1, 0.15) is 51.4 Å². The smallest absolute Gasteiger partial charge is 0.0695 e. The molecule has 0 radical (unpaired) electrons. The van der Waals surface area contributed by atoms with Gasteiger partial charge in [-0.25, -0.2) is 0 Å². The molecule has 1 saturated carbocycles. The van der Waals surface area contributed by atoms with Crippen LogP contribution in [0.15, 0.2) is 0 Å². The third-order valence-corrected chi connectivity index (χ3v) is 3.80. The minimum Gasteiger partial charge on any atom is -0.391 e. The first kappa shape index (κ1) is 10.4. The van der Waals surface area contributed by atoms with Crippen molar-refractivity contribution < 1.29 is 5.11 Å². The van der Waals surface area contributed by atoms with Crippen molar-refractivity contribution in [2.75, 3.05) is 13.1 Å². The lowest BCUT2D eigenvalue weighted by Crippen LogP contribution is -2.45. The molecule has 1 N–H and O–H groups in total. The van der Waals surface area contributed by atoms with Crippen molar-refractivity contribution >= 4 is 0 Å². The second kappa shape index (κ2) is 5.13. The molecule has 14 heavy (non-hydrogen) atoms. The third kappa shape index (κ3) is 2.48. The van der Waals surface area contributed by atoms with Gasteiger partial charge in [-0.15, -0.1) is 0 Å². The van der Waals surface area contributed by atoms with Crippen molar-refractivity contribution in [3.05, 3.63) is 0 Å². The summed E-state index contributed by atoms with van der Waals surface area (Å²) in [6.45, 7) is 2.45. The molecule has 2 heteroatoms. The maximum absolute atomic E-state index is 9.97. The molecule has 0 amide bonds. The van der Waals surface area contributed by atoms with E-state index in [1.807, 2.05) is 0 Å². The molecule has 2 nitrogen and oxygen atoms in total. The average Bonchev–Trinajstić information content (AvgIpc) is 2.47. The Bertz CT molecular complexity index is 164. The van der Waals surface area contributed by atoms with Crippen molar-refractivity contribution in [3.8, 4) is 0 Å². The molecule has 0 aromatic carbocycles. The minimum absolute atomic E-state index is 0.0400. The first-order valence-corrected chi connectivity index (χ1v) is 6.30. The highest BCUT2D eigenvalue weighted by Gasteiger charge is 2.28. The van der Waals surface area contributed by atoms with Gasteiger partial charge in [-0.3, -0.25) is 4.90 Å². The van der Waals surface area contributed by atoms with Crippen LogP contribution in [0.3, 0.4) is 0 Å². The number of likely N-dealkylation sites (tertiary alicyclic amines) is 1. The van der Waals surface area contributed by atoms with E-state index in [1.54, 1.807) is 0 Å². The molecule has 1 aliphatic carbocycles. The van der Waals surface area contributed by atoms with Gasteiger partial charge in [0.25, 0.3) is 0 Å². The number of hydrogen-bond donors (Lipinski definition) is 1. The number of aliphatic hydroxyl groups excluding tert-OH is 1. The van der Waals surface area contributed by atoms with E-state index in [4.69, 9.17) is 0 Å². The SMILES string of the molecule is O[C@H]1CCCC[C@@H]1N1CCCCCC1. The van der Waals surface area contributed by atoms with Crippen molar-refractivity contribution in [2.45, 2.75) is 63.5 Å². The van der Waals surface area contributed by atoms with Gasteiger partial charge in [0, 0.05) is 6.04 Å². The predicted octanol–water partition coefficient (Wildman–Crippen LogP) is 2.17. The first-order chi connectivity index (χ1) is 6.88. The van der Waals surface area contributed by atoms with E-state index in [-0.39, 0.29) is 6.10 Å². The second-order valence-corrected chi connectivity index (χ2v) is 4.87. The Hall–Kier alpha value is -0.0800. The standard InChI is InChI=1S/C12H23NO/c14-12-8-4-3-7-11(12)13-9-5-1-2-6-10-13/h11-12,14H,1-10H2/t11-,12-/m0/s1. The normalized spacial score (nSPS) is 36.6. The Balaban J connectivity index is 1.90. The summed E-state index contributed by atoms with van der Waals surface area (Å²) in [5, 5.41) is 9.97. The maximum atomic E-state index is 9.97. The van der Waals surface area contributed by atoms with Gasteiger partial charge >= 0.3 is 0 Å². The van der Waals surface area contributed by atoms with Gasteiger partial charge in [-0.1, -0.05) is 25.7 Å². The van der Waals surface area contributed by atoms with Crippen LogP contribution in [0.2, 0.25) is 0 Å². The summed E-state index contributed by atoms with van der Waals surface area (Å²) in [7, 11) is 0. The highest BCUT2D eigenvalue weighted by molar-refractivity contribution is 4.83. The quantitative estimate of drug-likeness (QED) is 0.696. The van der Waals surface area contributed by atoms with Crippen molar-refractivity contribution in [1.29, 1.82) is 0 Å². The van der Waals surface area contributed by atoms with Crippen molar-refractivity contribution in [1.82, 2.24) is 4.90 Å². The van der Waals surface area contributed by atoms with Crippen LogP contribution in [-0.2, 0) is 0 Å². The second-order valence-electron chi connectivity index (χ2n) is 4.87. The molecule has 82 valence electrons. The lowest BCUT2D eigenvalue weighted by Gasteiger charge is -2.37. The molecule has 1 aliphatic heterocycles. The molecule has 0 spiro atoms. The number of hydrogen-bond acceptors (Lipinski definition) is 2. The third-order valence-electron chi connectivity index (χ3n) is 3.80. The highest BCUT2D eigenvalue weighted by atomic mass is 16.3. The molecular formula is C12H23NO. The lowest BCUT2D eigenvalue weighted by molar-refractivity contribution is 0.0214. The fourth-order valence-corrected chi connectivity index (χ4v) is 2.94. The Labute approximate surface area is 87.3 Å². The monoisotopic (exact) mass is 197 g/mol. The number of aliphatic hydroxyl groups is 1. The summed E-state index contributed by atoms with van der Waals surface area (Å²) in [5.41, 5.74) is 0. The van der Waals surface area contributed by atoms with E-state index in [2.05, 4.69) is 4.90 Å². The van der Waals surface area contributed by atoms with Gasteiger partial charge in [0.15, 0.2) is 0 Å². The summed E-state index contributed by atoms with van der Waals surface area (Å²) < 4.78 is 0. The zero-order valence-electron chi connectivity index (χ0n) is 9.12. The van der Waals surface area contributed by atoms with E-state index < -0.39 is 0 Å². The Morgan fingerprint density at radius 3 is 2.07 bits per heavy atom. The Kier molecular flexibility index (Phi) is 3.82. The van der Waals surface area contributed by atoms with Gasteiger partial charge < -0.3 is 5.11 Å². The molecule has 1 saturated heterocycles. The van der Waals surface area contributed by atoms with Crippen LogP contribution in [-0.4, -0.2) is 35.2 Å². The highest BCUT2D eigenvalue weighted by Crippen LogP contribution is 2.25. The topological polar surface area (TPSA) is 23.5 Å². The molecule has 0 bridgehead atoms. The van der Waals surface area contributed by atoms with Crippen molar-refractivity contribution in [3.63, 3.8) is 0 Å². The van der Waals surface area contributed by atoms with Gasteiger partial charge in [0.05, 0.1) is 6.10 Å².